The number of allylic oxidation sites excluding steroid dienone is 6. The van der Waals surface area contributed by atoms with Crippen molar-refractivity contribution in [2.75, 3.05) is 6.54 Å². The van der Waals surface area contributed by atoms with E-state index < -0.39 is 128 Å². The Morgan fingerprint density at radius 3 is 2.07 bits per heavy atom. The molecule has 2 heterocycles. The number of fused-ring (bicyclic) bond motifs is 2. The predicted molar refractivity (Wildman–Crippen MR) is 282 cm³/mol. The molecule has 0 aliphatic carbocycles. The average molecular weight is 1070 g/mol. The second-order valence-electron chi connectivity index (χ2n) is 21.4. The van der Waals surface area contributed by atoms with Crippen LogP contribution in [-0.2, 0) is 28.6 Å². The Labute approximate surface area is 443 Å². The van der Waals surface area contributed by atoms with Crippen LogP contribution in [-0.4, -0.2) is 166 Å². The Morgan fingerprint density at radius 1 is 0.787 bits per heavy atom. The molecule has 0 aromatic heterocycles. The van der Waals surface area contributed by atoms with Gasteiger partial charge in [0.1, 0.15) is 24.7 Å². The summed E-state index contributed by atoms with van der Waals surface area (Å²) < 4.78 is 17.5. The van der Waals surface area contributed by atoms with Crippen molar-refractivity contribution in [3.63, 3.8) is 0 Å². The smallest absolute Gasteiger partial charge is 0.334 e. The number of ether oxygens (including phenoxy) is 3. The highest BCUT2D eigenvalue weighted by Crippen LogP contribution is 2.36. The fourth-order valence-electron chi connectivity index (χ4n) is 9.34. The van der Waals surface area contributed by atoms with E-state index in [9.17, 15) is 70.6 Å². The van der Waals surface area contributed by atoms with Crippen molar-refractivity contribution in [1.82, 2.24) is 0 Å². The number of guanidine groups is 1. The number of hydrogen-bond donors (Lipinski definition) is 13. The van der Waals surface area contributed by atoms with E-state index in [0.29, 0.717) is 17.7 Å². The van der Waals surface area contributed by atoms with Gasteiger partial charge in [0, 0.05) is 68.4 Å². The number of aliphatic hydroxyl groups is 10. The van der Waals surface area contributed by atoms with Gasteiger partial charge in [-0.3, -0.25) is 14.6 Å². The zero-order valence-electron chi connectivity index (χ0n) is 45.2. The first-order chi connectivity index (χ1) is 35.1. The van der Waals surface area contributed by atoms with Crippen molar-refractivity contribution < 1.29 is 84.8 Å². The topological polar surface area (TPSA) is 366 Å². The lowest BCUT2D eigenvalue weighted by Crippen LogP contribution is -2.60. The molecule has 0 amide bonds. The number of rotatable bonds is 12. The minimum atomic E-state index is -2.52. The van der Waals surface area contributed by atoms with Gasteiger partial charge >= 0.3 is 17.9 Å². The summed E-state index contributed by atoms with van der Waals surface area (Å²) in [7, 11) is 0. The minimum absolute atomic E-state index is 0.0618. The molecule has 75 heavy (non-hydrogen) atoms. The van der Waals surface area contributed by atoms with Crippen LogP contribution in [0, 0.1) is 29.6 Å². The van der Waals surface area contributed by atoms with E-state index in [2.05, 4.69) is 17.1 Å². The van der Waals surface area contributed by atoms with Gasteiger partial charge in [-0.2, -0.15) is 0 Å². The van der Waals surface area contributed by atoms with Crippen LogP contribution in [0.15, 0.2) is 64.7 Å². The summed E-state index contributed by atoms with van der Waals surface area (Å²) in [6, 6.07) is 0. The van der Waals surface area contributed by atoms with Gasteiger partial charge in [0.25, 0.3) is 0 Å². The van der Waals surface area contributed by atoms with E-state index in [0.717, 1.165) is 32.1 Å². The molecule has 2 aliphatic heterocycles. The molecule has 0 aromatic rings. The van der Waals surface area contributed by atoms with Crippen LogP contribution in [0.1, 0.15) is 145 Å². The van der Waals surface area contributed by atoms with Crippen molar-refractivity contribution >= 4 is 23.9 Å². The van der Waals surface area contributed by atoms with Crippen molar-refractivity contribution in [3.05, 3.63) is 59.8 Å². The van der Waals surface area contributed by atoms with Crippen molar-refractivity contribution in [1.29, 1.82) is 0 Å². The number of cyclic esters (lactones) is 1. The van der Waals surface area contributed by atoms with E-state index >= 15 is 0 Å². The van der Waals surface area contributed by atoms with Crippen LogP contribution in [0.5, 0.6) is 0 Å². The van der Waals surface area contributed by atoms with Crippen molar-refractivity contribution in [3.8, 4) is 0 Å². The first kappa shape index (κ1) is 67.1. The summed E-state index contributed by atoms with van der Waals surface area (Å²) in [4.78, 5) is 41.5. The first-order valence-electron chi connectivity index (χ1n) is 26.7. The Balaban J connectivity index is 2.45. The molecule has 430 valence electrons. The number of nitrogens with two attached hydrogens (primary N) is 2. The number of aliphatic imine (C=N–C) groups is 1. The van der Waals surface area contributed by atoms with Gasteiger partial charge in [0.05, 0.1) is 54.9 Å². The van der Waals surface area contributed by atoms with E-state index in [1.807, 2.05) is 19.9 Å². The van der Waals surface area contributed by atoms with E-state index in [-0.39, 0.29) is 69.2 Å². The number of hydrogen-bond acceptors (Lipinski definition) is 17. The summed E-state index contributed by atoms with van der Waals surface area (Å²) in [6.07, 6.45) is 0.718. The number of carboxylic acids is 1. The Hall–Kier alpha value is -4.06. The summed E-state index contributed by atoms with van der Waals surface area (Å²) in [5.74, 6) is -7.78. The molecule has 18 unspecified atom stereocenters. The number of unbranched alkanes of at least 4 members (excludes halogenated alkanes) is 2. The zero-order chi connectivity index (χ0) is 56.6. The molecule has 20 nitrogen and oxygen atoms in total. The first-order valence-corrected chi connectivity index (χ1v) is 26.7. The SMILES string of the molecule is CC1=CC=CC(C)C(O)CC(O)C(C)C(O)CCC(C)C(O)CC2(O)OC(CC(OC(=O)CC(=O)O)CC(O)CC(O)CC(O)C(C)=CC=CC(C)C(C(C)CCC/C=C/CCCN=C(N)N)OC1=O)CC(O)C2O. The van der Waals surface area contributed by atoms with Gasteiger partial charge in [0.2, 0.25) is 0 Å². The molecule has 1 fully saturated rings. The van der Waals surface area contributed by atoms with Crippen LogP contribution in [0.4, 0.5) is 0 Å². The highest BCUT2D eigenvalue weighted by molar-refractivity contribution is 5.90. The van der Waals surface area contributed by atoms with Gasteiger partial charge in [-0.1, -0.05) is 83.2 Å². The number of carboxylic acid groups (broad SMARTS) is 1. The molecule has 0 aromatic carbocycles. The summed E-state index contributed by atoms with van der Waals surface area (Å²) in [5, 5.41) is 120. The average Bonchev–Trinajstić information content (AvgIpc) is 3.31. The molecule has 0 saturated carbocycles. The second-order valence-corrected chi connectivity index (χ2v) is 21.4. The summed E-state index contributed by atoms with van der Waals surface area (Å²) in [6.45, 7) is 12.8. The van der Waals surface area contributed by atoms with Crippen LogP contribution >= 0.6 is 0 Å². The number of nitrogens with zero attached hydrogens (tertiary/aromatic N) is 1. The Bertz CT molecular complexity index is 1910. The molecular weight excluding hydrogens is 975 g/mol. The Morgan fingerprint density at radius 2 is 1.41 bits per heavy atom. The third-order valence-corrected chi connectivity index (χ3v) is 14.5. The lowest BCUT2D eigenvalue weighted by molar-refractivity contribution is -0.333. The number of carbonyl (C=O) groups excluding carboxylic acids is 2. The molecule has 1 saturated heterocycles. The maximum absolute atomic E-state index is 13.6. The molecule has 15 N–H and O–H groups in total. The molecule has 2 bridgehead atoms. The van der Waals surface area contributed by atoms with Crippen LogP contribution < -0.4 is 11.5 Å². The van der Waals surface area contributed by atoms with Gasteiger partial charge in [0.15, 0.2) is 11.7 Å². The predicted octanol–water partition coefficient (Wildman–Crippen LogP) is 3.11. The van der Waals surface area contributed by atoms with E-state index in [4.69, 9.17) is 25.7 Å². The minimum Gasteiger partial charge on any atom is -0.481 e. The van der Waals surface area contributed by atoms with Crippen LogP contribution in [0.25, 0.3) is 0 Å². The van der Waals surface area contributed by atoms with E-state index in [1.165, 1.54) is 0 Å². The van der Waals surface area contributed by atoms with Crippen molar-refractivity contribution in [2.45, 2.75) is 224 Å². The molecule has 18 atom stereocenters. The van der Waals surface area contributed by atoms with Gasteiger partial charge in [-0.15, -0.1) is 0 Å². The molecular formula is C55H93N3O17. The maximum atomic E-state index is 13.6. The lowest BCUT2D eigenvalue weighted by atomic mass is 9.84. The van der Waals surface area contributed by atoms with E-state index in [1.54, 1.807) is 65.0 Å². The monoisotopic (exact) mass is 1070 g/mol. The van der Waals surface area contributed by atoms with Gasteiger partial charge in [-0.05, 0) is 82.6 Å². The molecule has 2 aliphatic rings. The van der Waals surface area contributed by atoms with Crippen LogP contribution in [0.2, 0.25) is 0 Å². The quantitative estimate of drug-likeness (QED) is 0.0333. The van der Waals surface area contributed by atoms with Crippen LogP contribution in [0.3, 0.4) is 0 Å². The maximum Gasteiger partial charge on any atom is 0.334 e. The normalized spacial score (nSPS) is 35.8. The summed E-state index contributed by atoms with van der Waals surface area (Å²) in [5.41, 5.74) is 11.6. The van der Waals surface area contributed by atoms with Gasteiger partial charge < -0.3 is 81.8 Å². The standard InChI is InChI=1S/C55H93N3O17/c1-32-17-14-19-36(5)51(35(4)16-12-10-8-9-11-13-23-58-54(56)57)74-53(71)37(6)20-15-18-33(2)45(63)29-46(64)38(7)43(61)22-21-34(3)48(66)31-55(72)52(70)47(65)28-42(75-55)27-41(73-50(69)30-49(67)68)25-39(59)24-40(60)26-44(32)62/h8-9,14-15,17-20,33-36,38-48,51-52,59-66,70,72H,10-13,16,21-31H2,1-7H3,(H,67,68)(H4,56,57,58)/b9-8+,18-15?,19-14?,32-17?,37-20?. The zero-order valence-corrected chi connectivity index (χ0v) is 45.2. The third-order valence-electron chi connectivity index (χ3n) is 14.5. The number of carbonyl (C=O) groups is 3. The highest BCUT2D eigenvalue weighted by Gasteiger charge is 2.50. The molecule has 0 spiro atoms. The molecule has 20 heteroatoms. The summed E-state index contributed by atoms with van der Waals surface area (Å²) >= 11 is 0. The fraction of sp³-hybridized carbons (Fsp3) is 0.745. The fourth-order valence-corrected chi connectivity index (χ4v) is 9.34. The highest BCUT2D eigenvalue weighted by atomic mass is 16.7. The largest absolute Gasteiger partial charge is 0.481 e. The molecule has 0 radical (unpaired) electrons. The molecule has 2 rings (SSSR count). The lowest BCUT2D eigenvalue weighted by Gasteiger charge is -2.45. The number of esters is 2. The number of aliphatic carboxylic acids is 1. The second kappa shape index (κ2) is 34.0. The van der Waals surface area contributed by atoms with Crippen molar-refractivity contribution in [2.24, 2.45) is 46.0 Å². The van der Waals surface area contributed by atoms with Gasteiger partial charge in [-0.25, -0.2) is 4.79 Å². The third kappa shape index (κ3) is 25.3. The Kier molecular flexibility index (Phi) is 30.4. The number of aliphatic hydroxyl groups excluding tert-OH is 9.